The zero-order valence-corrected chi connectivity index (χ0v) is 9.89. The van der Waals surface area contributed by atoms with Crippen LogP contribution in [0.3, 0.4) is 0 Å². The van der Waals surface area contributed by atoms with Gasteiger partial charge in [-0.15, -0.1) is 11.3 Å². The predicted molar refractivity (Wildman–Crippen MR) is 63.5 cm³/mol. The highest BCUT2D eigenvalue weighted by atomic mass is 32.1. The van der Waals surface area contributed by atoms with Crippen LogP contribution in [0.15, 0.2) is 11.6 Å². The Morgan fingerprint density at radius 1 is 1.50 bits per heavy atom. The second kappa shape index (κ2) is 4.73. The van der Waals surface area contributed by atoms with E-state index >= 15 is 0 Å². The molecule has 7 nitrogen and oxygen atoms in total. The summed E-state index contributed by atoms with van der Waals surface area (Å²) in [6.07, 6.45) is 1.59. The zero-order valence-electron chi connectivity index (χ0n) is 9.07. The van der Waals surface area contributed by atoms with Crippen LogP contribution < -0.4 is 4.90 Å². The fourth-order valence-electron chi connectivity index (χ4n) is 1.57. The first-order valence-electron chi connectivity index (χ1n) is 4.86. The minimum atomic E-state index is -1.14. The maximum Gasteiger partial charge on any atom is 0.356 e. The van der Waals surface area contributed by atoms with Crippen molar-refractivity contribution in [1.82, 2.24) is 9.38 Å². The summed E-state index contributed by atoms with van der Waals surface area (Å²) in [4.78, 5) is 17.3. The Morgan fingerprint density at radius 3 is 2.72 bits per heavy atom. The van der Waals surface area contributed by atoms with Crippen molar-refractivity contribution >= 4 is 28.1 Å². The quantitative estimate of drug-likeness (QED) is 0.821. The van der Waals surface area contributed by atoms with Crippen LogP contribution >= 0.6 is 11.3 Å². The average Bonchev–Trinajstić information content (AvgIpc) is 2.87. The molecule has 0 atom stereocenters. The van der Waals surface area contributed by atoms with Crippen LogP contribution in [-0.4, -0.2) is 33.6 Å². The van der Waals surface area contributed by atoms with Crippen molar-refractivity contribution in [3.8, 4) is 12.1 Å². The summed E-state index contributed by atoms with van der Waals surface area (Å²) in [6.45, 7) is -0.169. The van der Waals surface area contributed by atoms with Gasteiger partial charge in [0.1, 0.15) is 13.1 Å². The minimum Gasteiger partial charge on any atom is -0.476 e. The number of nitrogens with zero attached hydrogens (tertiary/aromatic N) is 5. The molecule has 0 aliphatic heterocycles. The lowest BCUT2D eigenvalue weighted by Crippen LogP contribution is -2.26. The molecule has 8 heteroatoms. The van der Waals surface area contributed by atoms with E-state index in [0.717, 1.165) is 0 Å². The highest BCUT2D eigenvalue weighted by molar-refractivity contribution is 7.15. The molecule has 0 saturated carbocycles. The first-order chi connectivity index (χ1) is 8.69. The lowest BCUT2D eigenvalue weighted by Gasteiger charge is -2.15. The molecule has 0 unspecified atom stereocenters. The van der Waals surface area contributed by atoms with Crippen molar-refractivity contribution in [2.75, 3.05) is 18.0 Å². The third-order valence-electron chi connectivity index (χ3n) is 2.27. The van der Waals surface area contributed by atoms with Gasteiger partial charge in [-0.25, -0.2) is 9.78 Å². The normalized spacial score (nSPS) is 9.89. The molecule has 0 spiro atoms. The fraction of sp³-hybridized carbons (Fsp3) is 0.200. The molecular weight excluding hydrogens is 254 g/mol. The number of aromatic nitrogens is 2. The van der Waals surface area contributed by atoms with Crippen LogP contribution in [-0.2, 0) is 0 Å². The number of anilines is 1. The Balaban J connectivity index is 2.58. The van der Waals surface area contributed by atoms with E-state index in [0.29, 0.717) is 4.96 Å². The summed E-state index contributed by atoms with van der Waals surface area (Å²) in [6, 6.07) is 3.78. The van der Waals surface area contributed by atoms with E-state index in [1.165, 1.54) is 20.6 Å². The number of hydrogen-bond acceptors (Lipinski definition) is 6. The molecule has 2 rings (SSSR count). The maximum absolute atomic E-state index is 11.3. The largest absolute Gasteiger partial charge is 0.476 e. The summed E-state index contributed by atoms with van der Waals surface area (Å²) >= 11 is 1.29. The third kappa shape index (κ3) is 1.85. The maximum atomic E-state index is 11.3. The second-order valence-corrected chi connectivity index (χ2v) is 4.19. The molecule has 0 aliphatic rings. The summed E-state index contributed by atoms with van der Waals surface area (Å²) in [5, 5.41) is 28.3. The van der Waals surface area contributed by atoms with E-state index in [2.05, 4.69) is 4.98 Å². The first-order valence-corrected chi connectivity index (χ1v) is 5.74. The van der Waals surface area contributed by atoms with E-state index in [9.17, 15) is 9.90 Å². The molecule has 0 aliphatic carbocycles. The number of aromatic carboxylic acids is 1. The molecule has 18 heavy (non-hydrogen) atoms. The molecule has 0 radical (unpaired) electrons. The third-order valence-corrected chi connectivity index (χ3v) is 3.03. The van der Waals surface area contributed by atoms with Gasteiger partial charge in [0.15, 0.2) is 16.5 Å². The number of nitriles is 2. The SMILES string of the molecule is N#CCN(CC#N)c1nc2sccn2c1C(=O)O. The van der Waals surface area contributed by atoms with Crippen LogP contribution in [0.1, 0.15) is 10.5 Å². The van der Waals surface area contributed by atoms with Crippen LogP contribution in [0.25, 0.3) is 4.96 Å². The summed E-state index contributed by atoms with van der Waals surface area (Å²) in [7, 11) is 0. The van der Waals surface area contributed by atoms with Gasteiger partial charge in [-0.05, 0) is 0 Å². The Labute approximate surface area is 106 Å². The topological polar surface area (TPSA) is 105 Å². The molecule has 1 N–H and O–H groups in total. The van der Waals surface area contributed by atoms with Gasteiger partial charge in [-0.1, -0.05) is 0 Å². The Hall–Kier alpha value is -2.58. The molecule has 0 saturated heterocycles. The van der Waals surface area contributed by atoms with E-state index in [-0.39, 0.29) is 24.6 Å². The number of carboxylic acids is 1. The number of thiazole rings is 1. The molecule has 0 aromatic carbocycles. The van der Waals surface area contributed by atoms with Crippen molar-refractivity contribution < 1.29 is 9.90 Å². The highest BCUT2D eigenvalue weighted by Gasteiger charge is 2.23. The van der Waals surface area contributed by atoms with E-state index < -0.39 is 5.97 Å². The first kappa shape index (κ1) is 11.9. The molecule has 0 amide bonds. The predicted octanol–water partition coefficient (Wildman–Crippen LogP) is 0.948. The van der Waals surface area contributed by atoms with Gasteiger partial charge in [0.25, 0.3) is 0 Å². The van der Waals surface area contributed by atoms with E-state index in [1.807, 2.05) is 12.1 Å². The van der Waals surface area contributed by atoms with Crippen molar-refractivity contribution in [1.29, 1.82) is 10.5 Å². The van der Waals surface area contributed by atoms with Gasteiger partial charge in [0.05, 0.1) is 12.1 Å². The van der Waals surface area contributed by atoms with Crippen molar-refractivity contribution in [3.05, 3.63) is 17.3 Å². The van der Waals surface area contributed by atoms with Gasteiger partial charge < -0.3 is 10.0 Å². The smallest absolute Gasteiger partial charge is 0.356 e. The number of imidazole rings is 1. The van der Waals surface area contributed by atoms with Crippen LogP contribution in [0.5, 0.6) is 0 Å². The van der Waals surface area contributed by atoms with Crippen LogP contribution in [0, 0.1) is 22.7 Å². The molecule has 0 bridgehead atoms. The van der Waals surface area contributed by atoms with Gasteiger partial charge in [0.2, 0.25) is 0 Å². The number of hydrogen-bond donors (Lipinski definition) is 1. The lowest BCUT2D eigenvalue weighted by atomic mass is 10.3. The monoisotopic (exact) mass is 261 g/mol. The molecule has 0 fully saturated rings. The van der Waals surface area contributed by atoms with Gasteiger partial charge in [0, 0.05) is 11.6 Å². The molecule has 2 aromatic heterocycles. The molecule has 2 heterocycles. The number of carboxylic acid groups (broad SMARTS) is 1. The Morgan fingerprint density at radius 2 is 2.17 bits per heavy atom. The van der Waals surface area contributed by atoms with E-state index in [1.54, 1.807) is 11.6 Å². The van der Waals surface area contributed by atoms with Gasteiger partial charge in [-0.3, -0.25) is 4.40 Å². The van der Waals surface area contributed by atoms with Crippen molar-refractivity contribution in [3.63, 3.8) is 0 Å². The second-order valence-electron chi connectivity index (χ2n) is 3.32. The van der Waals surface area contributed by atoms with Crippen molar-refractivity contribution in [2.45, 2.75) is 0 Å². The average molecular weight is 261 g/mol. The zero-order chi connectivity index (χ0) is 13.1. The molecule has 90 valence electrons. The van der Waals surface area contributed by atoms with Gasteiger partial charge in [-0.2, -0.15) is 10.5 Å². The van der Waals surface area contributed by atoms with Crippen LogP contribution in [0.2, 0.25) is 0 Å². The number of fused-ring (bicyclic) bond motifs is 1. The van der Waals surface area contributed by atoms with Crippen LogP contribution in [0.4, 0.5) is 5.82 Å². The minimum absolute atomic E-state index is 0.0308. The van der Waals surface area contributed by atoms with Gasteiger partial charge >= 0.3 is 5.97 Å². The number of rotatable bonds is 4. The Bertz CT molecular complexity index is 659. The molecular formula is C10H7N5O2S. The highest BCUT2D eigenvalue weighted by Crippen LogP contribution is 2.24. The summed E-state index contributed by atoms with van der Waals surface area (Å²) in [5.41, 5.74) is -0.0308. The fourth-order valence-corrected chi connectivity index (χ4v) is 2.28. The summed E-state index contributed by atoms with van der Waals surface area (Å²) < 4.78 is 1.43. The lowest BCUT2D eigenvalue weighted by molar-refractivity contribution is 0.0690. The number of carbonyl (C=O) groups is 1. The van der Waals surface area contributed by atoms with Crippen molar-refractivity contribution in [2.24, 2.45) is 0 Å². The van der Waals surface area contributed by atoms with E-state index in [4.69, 9.17) is 10.5 Å². The standard InChI is InChI=1S/C10H7N5O2S/c11-1-3-14(4-2-12)8-7(9(16)17)15-5-6-18-10(15)13-8/h5-6H,3-4H2,(H,16,17). The summed E-state index contributed by atoms with van der Waals surface area (Å²) in [5.74, 6) is -0.991. The molecule has 2 aromatic rings. The Kier molecular flexibility index (Phi) is 3.13.